The molecule has 1 aliphatic rings. The Hall–Kier alpha value is -0.320. The van der Waals surface area contributed by atoms with Gasteiger partial charge >= 0.3 is 6.18 Å². The Bertz CT molecular complexity index is 117. The first-order valence-electron chi connectivity index (χ1n) is 2.93. The predicted molar refractivity (Wildman–Crippen MR) is 27.3 cm³/mol. The number of alkyl halides is 4. The number of halogens is 4. The Morgan fingerprint density at radius 2 is 1.80 bits per heavy atom. The van der Waals surface area contributed by atoms with Crippen molar-refractivity contribution in [2.75, 3.05) is 13.1 Å². The third kappa shape index (κ3) is 1.39. The lowest BCUT2D eigenvalue weighted by atomic mass is 9.97. The highest BCUT2D eigenvalue weighted by Gasteiger charge is 2.47. The average Bonchev–Trinajstić information content (AvgIpc) is 1.57. The Labute approximate surface area is 55.4 Å². The Morgan fingerprint density at radius 3 is 1.90 bits per heavy atom. The molecular formula is C5H7F4N. The zero-order valence-corrected chi connectivity index (χ0v) is 5.08. The van der Waals surface area contributed by atoms with Gasteiger partial charge in [-0.1, -0.05) is 0 Å². The fourth-order valence-electron chi connectivity index (χ4n) is 0.785. The lowest BCUT2D eigenvalue weighted by molar-refractivity contribution is -0.198. The van der Waals surface area contributed by atoms with Crippen LogP contribution < -0.4 is 5.32 Å². The van der Waals surface area contributed by atoms with Crippen LogP contribution in [-0.4, -0.2) is 25.4 Å². The zero-order chi connectivity index (χ0) is 7.78. The van der Waals surface area contributed by atoms with Gasteiger partial charge in [0.05, 0.1) is 0 Å². The average molecular weight is 157 g/mol. The third-order valence-electron chi connectivity index (χ3n) is 1.54. The summed E-state index contributed by atoms with van der Waals surface area (Å²) in [5.74, 6) is -0.861. The molecule has 1 fully saturated rings. The molecule has 1 rings (SSSR count). The highest BCUT2D eigenvalue weighted by molar-refractivity contribution is 4.85. The summed E-state index contributed by atoms with van der Waals surface area (Å²) < 4.78 is 46.7. The van der Waals surface area contributed by atoms with Crippen molar-refractivity contribution < 1.29 is 17.6 Å². The number of nitrogens with one attached hydrogen (secondary N) is 1. The minimum atomic E-state index is -4.67. The molecule has 1 nitrogen and oxygen atoms in total. The van der Waals surface area contributed by atoms with Gasteiger partial charge in [0.1, 0.15) is 0 Å². The minimum absolute atomic E-state index is 0.140. The molecule has 0 aromatic heterocycles. The topological polar surface area (TPSA) is 12.0 Å². The third-order valence-corrected chi connectivity index (χ3v) is 1.54. The second-order valence-electron chi connectivity index (χ2n) is 2.36. The van der Waals surface area contributed by atoms with Crippen LogP contribution >= 0.6 is 0 Å². The van der Waals surface area contributed by atoms with E-state index in [9.17, 15) is 17.6 Å². The lowest BCUT2D eigenvalue weighted by Crippen LogP contribution is -2.51. The summed E-state index contributed by atoms with van der Waals surface area (Å²) >= 11 is 0. The van der Waals surface area contributed by atoms with Gasteiger partial charge in [-0.25, -0.2) is 4.39 Å². The van der Waals surface area contributed by atoms with Crippen molar-refractivity contribution in [1.29, 1.82) is 0 Å². The Balaban J connectivity index is 2.39. The van der Waals surface area contributed by atoms with E-state index in [0.29, 0.717) is 0 Å². The van der Waals surface area contributed by atoms with Gasteiger partial charge in [0.15, 0.2) is 0 Å². The minimum Gasteiger partial charge on any atom is -0.316 e. The molecule has 1 saturated heterocycles. The molecule has 1 N–H and O–H groups in total. The summed E-state index contributed by atoms with van der Waals surface area (Å²) in [6.07, 6.45) is -7.32. The fraction of sp³-hybridized carbons (Fsp3) is 1.00. The van der Waals surface area contributed by atoms with Crippen molar-refractivity contribution in [3.8, 4) is 0 Å². The van der Waals surface area contributed by atoms with Gasteiger partial charge in [0.2, 0.25) is 6.17 Å². The van der Waals surface area contributed by atoms with Crippen LogP contribution in [0.4, 0.5) is 17.6 Å². The van der Waals surface area contributed by atoms with Crippen molar-refractivity contribution in [3.63, 3.8) is 0 Å². The molecule has 0 spiro atoms. The largest absolute Gasteiger partial charge is 0.420 e. The number of rotatable bonds is 1. The van der Waals surface area contributed by atoms with E-state index in [2.05, 4.69) is 5.32 Å². The van der Waals surface area contributed by atoms with Crippen LogP contribution in [0.3, 0.4) is 0 Å². The Morgan fingerprint density at radius 1 is 1.30 bits per heavy atom. The molecular weight excluding hydrogens is 150 g/mol. The molecule has 0 aromatic rings. The van der Waals surface area contributed by atoms with Crippen LogP contribution in [0.15, 0.2) is 0 Å². The van der Waals surface area contributed by atoms with E-state index >= 15 is 0 Å². The molecule has 0 radical (unpaired) electrons. The van der Waals surface area contributed by atoms with E-state index in [1.807, 2.05) is 0 Å². The van der Waals surface area contributed by atoms with E-state index in [-0.39, 0.29) is 13.1 Å². The molecule has 0 amide bonds. The van der Waals surface area contributed by atoms with Crippen molar-refractivity contribution in [1.82, 2.24) is 5.32 Å². The standard InChI is InChI=1S/C5H7F4N/c6-4(5(7,8)9)3-1-10-2-3/h3-4,10H,1-2H2. The van der Waals surface area contributed by atoms with E-state index < -0.39 is 18.3 Å². The molecule has 0 bridgehead atoms. The van der Waals surface area contributed by atoms with Gasteiger partial charge in [-0.2, -0.15) is 13.2 Å². The van der Waals surface area contributed by atoms with Gasteiger partial charge in [-0.15, -0.1) is 0 Å². The van der Waals surface area contributed by atoms with Gasteiger partial charge in [-0.05, 0) is 0 Å². The highest BCUT2D eigenvalue weighted by atomic mass is 19.4. The van der Waals surface area contributed by atoms with E-state index in [0.717, 1.165) is 0 Å². The van der Waals surface area contributed by atoms with Crippen LogP contribution in [0, 0.1) is 5.92 Å². The van der Waals surface area contributed by atoms with Crippen LogP contribution in [0.5, 0.6) is 0 Å². The molecule has 0 aromatic carbocycles. The summed E-state index contributed by atoms with van der Waals surface area (Å²) in [4.78, 5) is 0. The smallest absolute Gasteiger partial charge is 0.316 e. The highest BCUT2D eigenvalue weighted by Crippen LogP contribution is 2.30. The predicted octanol–water partition coefficient (Wildman–Crippen LogP) is 1.11. The second kappa shape index (κ2) is 2.38. The first kappa shape index (κ1) is 7.78. The van der Waals surface area contributed by atoms with Gasteiger partial charge in [0.25, 0.3) is 0 Å². The molecule has 0 saturated carbocycles. The SMILES string of the molecule is FC(C1CNC1)C(F)(F)F. The Kier molecular flexibility index (Phi) is 1.85. The van der Waals surface area contributed by atoms with Gasteiger partial charge < -0.3 is 5.32 Å². The molecule has 1 unspecified atom stereocenters. The number of hydrogen-bond acceptors (Lipinski definition) is 1. The first-order valence-corrected chi connectivity index (χ1v) is 2.93. The first-order chi connectivity index (χ1) is 4.52. The molecule has 0 aliphatic carbocycles. The molecule has 5 heteroatoms. The van der Waals surface area contributed by atoms with Gasteiger partial charge in [0, 0.05) is 19.0 Å². The van der Waals surface area contributed by atoms with Crippen molar-refractivity contribution >= 4 is 0 Å². The maximum absolute atomic E-state index is 12.2. The van der Waals surface area contributed by atoms with Crippen LogP contribution in [0.1, 0.15) is 0 Å². The van der Waals surface area contributed by atoms with Crippen LogP contribution in [-0.2, 0) is 0 Å². The normalized spacial score (nSPS) is 24.0. The fourth-order valence-corrected chi connectivity index (χ4v) is 0.785. The summed E-state index contributed by atoms with van der Waals surface area (Å²) in [6, 6.07) is 0. The molecule has 1 atom stereocenters. The molecule has 1 heterocycles. The monoisotopic (exact) mass is 157 g/mol. The maximum Gasteiger partial charge on any atom is 0.420 e. The van der Waals surface area contributed by atoms with Crippen LogP contribution in [0.25, 0.3) is 0 Å². The quantitative estimate of drug-likeness (QED) is 0.562. The summed E-state index contributed by atoms with van der Waals surface area (Å²) in [7, 11) is 0. The van der Waals surface area contributed by atoms with Crippen LogP contribution in [0.2, 0.25) is 0 Å². The molecule has 10 heavy (non-hydrogen) atoms. The summed E-state index contributed by atoms with van der Waals surface area (Å²) in [5.41, 5.74) is 0. The molecule has 1 aliphatic heterocycles. The zero-order valence-electron chi connectivity index (χ0n) is 5.08. The van der Waals surface area contributed by atoms with E-state index in [1.165, 1.54) is 0 Å². The number of hydrogen-bond donors (Lipinski definition) is 1. The maximum atomic E-state index is 12.2. The summed E-state index contributed by atoms with van der Waals surface area (Å²) in [5, 5.41) is 2.57. The summed E-state index contributed by atoms with van der Waals surface area (Å²) in [6.45, 7) is 0.279. The second-order valence-corrected chi connectivity index (χ2v) is 2.36. The van der Waals surface area contributed by atoms with E-state index in [4.69, 9.17) is 0 Å². The van der Waals surface area contributed by atoms with E-state index in [1.54, 1.807) is 0 Å². The van der Waals surface area contributed by atoms with Crippen molar-refractivity contribution in [2.24, 2.45) is 5.92 Å². The van der Waals surface area contributed by atoms with Crippen molar-refractivity contribution in [3.05, 3.63) is 0 Å². The van der Waals surface area contributed by atoms with Gasteiger partial charge in [-0.3, -0.25) is 0 Å². The molecule has 60 valence electrons. The van der Waals surface area contributed by atoms with Crippen molar-refractivity contribution in [2.45, 2.75) is 12.3 Å². The lowest BCUT2D eigenvalue weighted by Gasteiger charge is -2.30.